The molecule has 94 valence electrons. The summed E-state index contributed by atoms with van der Waals surface area (Å²) in [6, 6.07) is 15.7. The number of aliphatic hydroxyl groups excluding tert-OH is 1. The Balaban J connectivity index is 2.02. The summed E-state index contributed by atoms with van der Waals surface area (Å²) in [7, 11) is 0. The Bertz CT molecular complexity index is 513. The van der Waals surface area contributed by atoms with E-state index in [-0.39, 0.29) is 0 Å². The Morgan fingerprint density at radius 1 is 1.11 bits per heavy atom. The summed E-state index contributed by atoms with van der Waals surface area (Å²) >= 11 is 3.50. The molecule has 0 fully saturated rings. The number of rotatable bonds is 4. The van der Waals surface area contributed by atoms with Crippen LogP contribution < -0.4 is 5.32 Å². The molecule has 0 radical (unpaired) electrons. The van der Waals surface area contributed by atoms with E-state index in [0.29, 0.717) is 6.54 Å². The lowest BCUT2D eigenvalue weighted by Gasteiger charge is -2.15. The zero-order chi connectivity index (χ0) is 13.0. The second-order valence-corrected chi connectivity index (χ2v) is 5.07. The Morgan fingerprint density at radius 3 is 2.56 bits per heavy atom. The van der Waals surface area contributed by atoms with Crippen molar-refractivity contribution in [2.75, 3.05) is 11.9 Å². The van der Waals surface area contributed by atoms with Gasteiger partial charge in [-0.25, -0.2) is 0 Å². The maximum absolute atomic E-state index is 10.1. The van der Waals surface area contributed by atoms with Gasteiger partial charge >= 0.3 is 0 Å². The third kappa shape index (κ3) is 3.12. The van der Waals surface area contributed by atoms with E-state index < -0.39 is 6.10 Å². The lowest BCUT2D eigenvalue weighted by atomic mass is 10.1. The average molecular weight is 306 g/mol. The molecule has 1 atom stereocenters. The van der Waals surface area contributed by atoms with E-state index in [1.807, 2.05) is 55.5 Å². The quantitative estimate of drug-likeness (QED) is 0.898. The molecule has 2 aromatic rings. The molecule has 2 nitrogen and oxygen atoms in total. The molecule has 0 aromatic heterocycles. The van der Waals surface area contributed by atoms with E-state index in [2.05, 4.69) is 21.2 Å². The standard InChI is InChI=1S/C15H16BrNO/c1-11-13(16)8-5-9-14(11)17-10-15(18)12-6-3-2-4-7-12/h2-9,15,17-18H,10H2,1H3. The Kier molecular flexibility index (Phi) is 4.39. The molecule has 0 heterocycles. The van der Waals surface area contributed by atoms with Gasteiger partial charge < -0.3 is 10.4 Å². The van der Waals surface area contributed by atoms with Gasteiger partial charge in [0, 0.05) is 16.7 Å². The van der Waals surface area contributed by atoms with Gasteiger partial charge in [-0.2, -0.15) is 0 Å². The van der Waals surface area contributed by atoms with Crippen LogP contribution in [0, 0.1) is 6.92 Å². The molecule has 0 aliphatic carbocycles. The molecular weight excluding hydrogens is 290 g/mol. The molecule has 1 unspecified atom stereocenters. The minimum absolute atomic E-state index is 0.496. The number of anilines is 1. The van der Waals surface area contributed by atoms with Gasteiger partial charge in [-0.3, -0.25) is 0 Å². The number of benzene rings is 2. The SMILES string of the molecule is Cc1c(Br)cccc1NCC(O)c1ccccc1. The first-order valence-corrected chi connectivity index (χ1v) is 6.70. The van der Waals surface area contributed by atoms with E-state index >= 15 is 0 Å². The van der Waals surface area contributed by atoms with Crippen LogP contribution in [0.15, 0.2) is 53.0 Å². The minimum atomic E-state index is -0.496. The first-order valence-electron chi connectivity index (χ1n) is 5.90. The van der Waals surface area contributed by atoms with Crippen molar-refractivity contribution in [1.29, 1.82) is 0 Å². The topological polar surface area (TPSA) is 32.3 Å². The van der Waals surface area contributed by atoms with E-state index in [4.69, 9.17) is 0 Å². The third-order valence-corrected chi connectivity index (χ3v) is 3.80. The summed E-state index contributed by atoms with van der Waals surface area (Å²) in [6.07, 6.45) is -0.496. The summed E-state index contributed by atoms with van der Waals surface area (Å²) in [6.45, 7) is 2.54. The molecule has 18 heavy (non-hydrogen) atoms. The number of hydrogen-bond donors (Lipinski definition) is 2. The molecule has 2 aromatic carbocycles. The van der Waals surface area contributed by atoms with Crippen LogP contribution in [0.25, 0.3) is 0 Å². The molecule has 0 spiro atoms. The molecule has 0 saturated heterocycles. The van der Waals surface area contributed by atoms with Gasteiger partial charge in [0.05, 0.1) is 6.10 Å². The van der Waals surface area contributed by atoms with Gasteiger partial charge in [-0.1, -0.05) is 52.3 Å². The van der Waals surface area contributed by atoms with E-state index in [9.17, 15) is 5.11 Å². The highest BCUT2D eigenvalue weighted by Crippen LogP contribution is 2.24. The largest absolute Gasteiger partial charge is 0.387 e. The van der Waals surface area contributed by atoms with Crippen molar-refractivity contribution < 1.29 is 5.11 Å². The van der Waals surface area contributed by atoms with Crippen LogP contribution >= 0.6 is 15.9 Å². The number of halogens is 1. The van der Waals surface area contributed by atoms with Crippen LogP contribution in [0.4, 0.5) is 5.69 Å². The van der Waals surface area contributed by atoms with Crippen LogP contribution in [0.5, 0.6) is 0 Å². The summed E-state index contributed by atoms with van der Waals surface area (Å²) in [5.74, 6) is 0. The monoisotopic (exact) mass is 305 g/mol. The fourth-order valence-corrected chi connectivity index (χ4v) is 2.16. The van der Waals surface area contributed by atoms with Gasteiger partial charge in [0.1, 0.15) is 0 Å². The predicted molar refractivity (Wildman–Crippen MR) is 78.8 cm³/mol. The number of hydrogen-bond acceptors (Lipinski definition) is 2. The van der Waals surface area contributed by atoms with Crippen molar-refractivity contribution >= 4 is 21.6 Å². The maximum Gasteiger partial charge on any atom is 0.0962 e. The Labute approximate surface area is 116 Å². The van der Waals surface area contributed by atoms with Crippen LogP contribution in [-0.2, 0) is 0 Å². The second-order valence-electron chi connectivity index (χ2n) is 4.22. The van der Waals surface area contributed by atoms with Crippen LogP contribution in [0.3, 0.4) is 0 Å². The lowest BCUT2D eigenvalue weighted by Crippen LogP contribution is -2.12. The normalized spacial score (nSPS) is 12.2. The molecule has 0 aliphatic heterocycles. The predicted octanol–water partition coefficient (Wildman–Crippen LogP) is 3.90. The molecule has 0 aliphatic rings. The molecule has 3 heteroatoms. The number of nitrogens with one attached hydrogen (secondary N) is 1. The van der Waals surface area contributed by atoms with Crippen molar-refractivity contribution in [3.63, 3.8) is 0 Å². The lowest BCUT2D eigenvalue weighted by molar-refractivity contribution is 0.191. The molecule has 2 rings (SSSR count). The van der Waals surface area contributed by atoms with Crippen LogP contribution in [0.1, 0.15) is 17.2 Å². The highest BCUT2D eigenvalue weighted by Gasteiger charge is 2.07. The van der Waals surface area contributed by atoms with Crippen LogP contribution in [-0.4, -0.2) is 11.7 Å². The van der Waals surface area contributed by atoms with Crippen molar-refractivity contribution in [1.82, 2.24) is 0 Å². The average Bonchev–Trinajstić information content (AvgIpc) is 2.41. The Hall–Kier alpha value is -1.32. The smallest absolute Gasteiger partial charge is 0.0962 e. The van der Waals surface area contributed by atoms with Gasteiger partial charge in [-0.15, -0.1) is 0 Å². The van der Waals surface area contributed by atoms with Crippen molar-refractivity contribution in [3.8, 4) is 0 Å². The fourth-order valence-electron chi connectivity index (χ4n) is 1.80. The molecule has 0 amide bonds. The van der Waals surface area contributed by atoms with Gasteiger partial charge in [0.25, 0.3) is 0 Å². The second kappa shape index (κ2) is 6.03. The summed E-state index contributed by atoms with van der Waals surface area (Å²) in [4.78, 5) is 0. The Morgan fingerprint density at radius 2 is 1.83 bits per heavy atom. The van der Waals surface area contributed by atoms with Crippen molar-refractivity contribution in [3.05, 3.63) is 64.1 Å². The molecule has 0 saturated carbocycles. The summed E-state index contributed by atoms with van der Waals surface area (Å²) in [5.41, 5.74) is 3.12. The maximum atomic E-state index is 10.1. The van der Waals surface area contributed by atoms with Crippen molar-refractivity contribution in [2.45, 2.75) is 13.0 Å². The highest BCUT2D eigenvalue weighted by atomic mass is 79.9. The molecule has 0 bridgehead atoms. The fraction of sp³-hybridized carbons (Fsp3) is 0.200. The molecular formula is C15H16BrNO. The third-order valence-electron chi connectivity index (χ3n) is 2.94. The van der Waals surface area contributed by atoms with Gasteiger partial charge in [0.15, 0.2) is 0 Å². The summed E-state index contributed by atoms with van der Waals surface area (Å²) < 4.78 is 1.07. The van der Waals surface area contributed by atoms with Crippen molar-refractivity contribution in [2.24, 2.45) is 0 Å². The molecule has 2 N–H and O–H groups in total. The van der Waals surface area contributed by atoms with E-state index in [0.717, 1.165) is 21.3 Å². The highest BCUT2D eigenvalue weighted by molar-refractivity contribution is 9.10. The van der Waals surface area contributed by atoms with E-state index in [1.54, 1.807) is 0 Å². The van der Waals surface area contributed by atoms with Gasteiger partial charge in [-0.05, 0) is 30.2 Å². The first kappa shape index (κ1) is 13.1. The van der Waals surface area contributed by atoms with Gasteiger partial charge in [0.2, 0.25) is 0 Å². The number of aliphatic hydroxyl groups is 1. The zero-order valence-corrected chi connectivity index (χ0v) is 11.8. The summed E-state index contributed by atoms with van der Waals surface area (Å²) in [5, 5.41) is 13.3. The minimum Gasteiger partial charge on any atom is -0.387 e. The van der Waals surface area contributed by atoms with E-state index in [1.165, 1.54) is 0 Å². The first-order chi connectivity index (χ1) is 8.68. The van der Waals surface area contributed by atoms with Crippen LogP contribution in [0.2, 0.25) is 0 Å². The zero-order valence-electron chi connectivity index (χ0n) is 10.2.